The zero-order valence-electron chi connectivity index (χ0n) is 22.4. The molecule has 0 bridgehead atoms. The predicted octanol–water partition coefficient (Wildman–Crippen LogP) is 8.10. The van der Waals surface area contributed by atoms with Gasteiger partial charge in [0.25, 0.3) is 0 Å². The third-order valence-electron chi connectivity index (χ3n) is 7.14. The van der Waals surface area contributed by atoms with Crippen LogP contribution in [0.15, 0.2) is 0 Å². The van der Waals surface area contributed by atoms with Gasteiger partial charge in [0.2, 0.25) is 0 Å². The van der Waals surface area contributed by atoms with Gasteiger partial charge in [0.1, 0.15) is 0 Å². The Balaban J connectivity index is 3.77. The van der Waals surface area contributed by atoms with E-state index in [9.17, 15) is 5.21 Å². The summed E-state index contributed by atoms with van der Waals surface area (Å²) in [5.41, 5.74) is 5.64. The van der Waals surface area contributed by atoms with Crippen LogP contribution < -0.4 is 10.8 Å². The Kier molecular flexibility index (Phi) is 27.0. The zero-order chi connectivity index (χ0) is 23.5. The van der Waals surface area contributed by atoms with Gasteiger partial charge in [0, 0.05) is 6.42 Å². The largest absolute Gasteiger partial charge is 0.634 e. The van der Waals surface area contributed by atoms with Crippen LogP contribution in [0.4, 0.5) is 0 Å². The average Bonchev–Trinajstić information content (AvgIpc) is 2.80. The lowest BCUT2D eigenvalue weighted by atomic mass is 9.99. The molecule has 3 nitrogen and oxygen atoms in total. The van der Waals surface area contributed by atoms with Crippen LogP contribution in [0.1, 0.15) is 168 Å². The third kappa shape index (κ3) is 23.1. The van der Waals surface area contributed by atoms with E-state index in [1.807, 2.05) is 0 Å². The van der Waals surface area contributed by atoms with E-state index in [4.69, 9.17) is 5.73 Å². The van der Waals surface area contributed by atoms with Crippen LogP contribution in [0.2, 0.25) is 0 Å². The van der Waals surface area contributed by atoms with Gasteiger partial charge in [-0.3, -0.25) is 0 Å². The summed E-state index contributed by atoms with van der Waals surface area (Å²) in [6, 6.07) is 0.314. The second-order valence-corrected chi connectivity index (χ2v) is 10.4. The highest BCUT2D eigenvalue weighted by molar-refractivity contribution is 4.60. The Labute approximate surface area is 203 Å². The molecule has 3 N–H and O–H groups in total. The van der Waals surface area contributed by atoms with Crippen molar-refractivity contribution in [3.63, 3.8) is 0 Å². The first kappa shape index (κ1) is 31.9. The first-order valence-corrected chi connectivity index (χ1v) is 15.0. The van der Waals surface area contributed by atoms with Crippen LogP contribution in [0.3, 0.4) is 0 Å². The molecule has 0 aromatic heterocycles. The van der Waals surface area contributed by atoms with Crippen molar-refractivity contribution in [3.8, 4) is 0 Å². The molecule has 194 valence electrons. The van der Waals surface area contributed by atoms with Crippen LogP contribution in [0.25, 0.3) is 0 Å². The van der Waals surface area contributed by atoms with Crippen LogP contribution in [-0.4, -0.2) is 19.1 Å². The first-order chi connectivity index (χ1) is 15.8. The van der Waals surface area contributed by atoms with Gasteiger partial charge in [-0.05, 0) is 32.2 Å². The molecule has 2 unspecified atom stereocenters. The maximum absolute atomic E-state index is 12.7. The van der Waals surface area contributed by atoms with E-state index in [2.05, 4.69) is 13.8 Å². The first-order valence-electron chi connectivity index (χ1n) is 15.0. The smallest absolute Gasteiger partial charge is 0.0871 e. The Bertz CT molecular complexity index is 337. The summed E-state index contributed by atoms with van der Waals surface area (Å²) in [5.74, 6) is 0. The van der Waals surface area contributed by atoms with Crippen LogP contribution >= 0.6 is 0 Å². The molecule has 2 atom stereocenters. The van der Waals surface area contributed by atoms with Crippen molar-refractivity contribution in [2.45, 2.75) is 174 Å². The molecule has 0 fully saturated rings. The van der Waals surface area contributed by atoms with Crippen molar-refractivity contribution >= 4 is 0 Å². The van der Waals surface area contributed by atoms with Crippen molar-refractivity contribution in [1.29, 1.82) is 0 Å². The molecule has 0 heterocycles. The van der Waals surface area contributed by atoms with Crippen LogP contribution in [0.5, 0.6) is 0 Å². The van der Waals surface area contributed by atoms with E-state index >= 15 is 0 Å². The van der Waals surface area contributed by atoms with Gasteiger partial charge in [0.15, 0.2) is 0 Å². The van der Waals surface area contributed by atoms with Gasteiger partial charge in [-0.25, -0.2) is 0 Å². The second-order valence-electron chi connectivity index (χ2n) is 10.4. The Morgan fingerprint density at radius 1 is 0.500 bits per heavy atom. The number of rotatable bonds is 27. The summed E-state index contributed by atoms with van der Waals surface area (Å²) in [6.07, 6.45) is 32.0. The third-order valence-corrected chi connectivity index (χ3v) is 7.14. The summed E-state index contributed by atoms with van der Waals surface area (Å²) in [6.45, 7) is 5.92. The predicted molar refractivity (Wildman–Crippen MR) is 144 cm³/mol. The lowest BCUT2D eigenvalue weighted by Gasteiger charge is -2.32. The van der Waals surface area contributed by atoms with Crippen molar-refractivity contribution in [2.75, 3.05) is 13.1 Å². The molecular weight excluding hydrogens is 392 g/mol. The molecule has 0 rings (SSSR count). The molecule has 0 aliphatic rings. The van der Waals surface area contributed by atoms with Gasteiger partial charge in [-0.2, -0.15) is 0 Å². The van der Waals surface area contributed by atoms with Gasteiger partial charge < -0.3 is 16.0 Å². The van der Waals surface area contributed by atoms with Crippen LogP contribution in [0, 0.1) is 5.21 Å². The molecule has 0 aromatic rings. The SMILES string of the molecule is CCCCCCCCCCCCCC(CCCCCCCCCCCC)[NH+]([O-])CCCN. The van der Waals surface area contributed by atoms with Gasteiger partial charge in [-0.1, -0.05) is 136 Å². The monoisotopic (exact) mass is 454 g/mol. The molecule has 3 heteroatoms. The molecule has 0 radical (unpaired) electrons. The number of nitrogens with two attached hydrogens (primary N) is 1. The molecule has 0 aromatic carbocycles. The Hall–Kier alpha value is -0.120. The van der Waals surface area contributed by atoms with Gasteiger partial charge in [-0.15, -0.1) is 0 Å². The average molecular weight is 455 g/mol. The van der Waals surface area contributed by atoms with Gasteiger partial charge >= 0.3 is 0 Å². The minimum absolute atomic E-state index is 0.314. The maximum atomic E-state index is 12.7. The number of nitrogens with one attached hydrogen (secondary N) is 1. The molecule has 0 spiro atoms. The lowest BCUT2D eigenvalue weighted by Crippen LogP contribution is -3.11. The lowest BCUT2D eigenvalue weighted by molar-refractivity contribution is -0.876. The van der Waals surface area contributed by atoms with Gasteiger partial charge in [0.05, 0.1) is 12.6 Å². The fraction of sp³-hybridized carbons (Fsp3) is 1.00. The molecule has 0 saturated carbocycles. The fourth-order valence-corrected chi connectivity index (χ4v) is 4.88. The molecular formula is C29H62N2O. The quantitative estimate of drug-likeness (QED) is 0.0972. The number of unbranched alkanes of at least 4 members (excludes halogenated alkanes) is 19. The van der Waals surface area contributed by atoms with Crippen molar-refractivity contribution in [2.24, 2.45) is 5.73 Å². The molecule has 0 aliphatic heterocycles. The fourth-order valence-electron chi connectivity index (χ4n) is 4.88. The topological polar surface area (TPSA) is 53.5 Å². The van der Waals surface area contributed by atoms with E-state index in [1.165, 1.54) is 135 Å². The minimum Gasteiger partial charge on any atom is -0.634 e. The van der Waals surface area contributed by atoms with Crippen LogP contribution in [-0.2, 0) is 0 Å². The number of hydrogen-bond acceptors (Lipinski definition) is 2. The standard InChI is InChI=1S/C29H62N2O/c1-3-5-7-9-11-13-15-17-19-21-23-26-29(31(32)28-24-27-30)25-22-20-18-16-14-12-10-8-6-4-2/h29,31H,3-28,30H2,1-2H3. The van der Waals surface area contributed by atoms with Crippen molar-refractivity contribution in [1.82, 2.24) is 0 Å². The molecule has 0 aliphatic carbocycles. The Morgan fingerprint density at radius 2 is 0.812 bits per heavy atom. The van der Waals surface area contributed by atoms with Crippen molar-refractivity contribution < 1.29 is 5.06 Å². The summed E-state index contributed by atoms with van der Waals surface area (Å²) >= 11 is 0. The molecule has 32 heavy (non-hydrogen) atoms. The molecule has 0 saturated heterocycles. The highest BCUT2D eigenvalue weighted by Gasteiger charge is 2.15. The normalized spacial score (nSPS) is 13.5. The second kappa shape index (κ2) is 27.1. The van der Waals surface area contributed by atoms with E-state index < -0.39 is 0 Å². The van der Waals surface area contributed by atoms with Crippen molar-refractivity contribution in [3.05, 3.63) is 5.21 Å². The number of hydroxylamine groups is 2. The van der Waals surface area contributed by atoms with E-state index in [0.29, 0.717) is 24.2 Å². The highest BCUT2D eigenvalue weighted by Crippen LogP contribution is 2.15. The van der Waals surface area contributed by atoms with E-state index in [-0.39, 0.29) is 0 Å². The van der Waals surface area contributed by atoms with E-state index in [1.54, 1.807) is 0 Å². The number of quaternary nitrogens is 1. The highest BCUT2D eigenvalue weighted by atomic mass is 16.5. The Morgan fingerprint density at radius 3 is 1.12 bits per heavy atom. The summed E-state index contributed by atoms with van der Waals surface area (Å²) < 4.78 is 0. The zero-order valence-corrected chi connectivity index (χ0v) is 22.4. The van der Waals surface area contributed by atoms with E-state index in [0.717, 1.165) is 19.3 Å². The molecule has 0 amide bonds. The summed E-state index contributed by atoms with van der Waals surface area (Å²) in [7, 11) is 0. The summed E-state index contributed by atoms with van der Waals surface area (Å²) in [4.78, 5) is 0. The number of hydrogen-bond donors (Lipinski definition) is 2. The maximum Gasteiger partial charge on any atom is 0.0871 e. The minimum atomic E-state index is 0.314. The summed E-state index contributed by atoms with van der Waals surface area (Å²) in [5, 5.41) is 13.1.